The molecule has 0 saturated heterocycles. The normalized spacial score (nSPS) is 10.5. The highest BCUT2D eigenvalue weighted by molar-refractivity contribution is 7.80. The molecule has 0 aliphatic heterocycles. The van der Waals surface area contributed by atoms with Crippen LogP contribution in [0.1, 0.15) is 36.5 Å². The number of rotatable bonds is 5. The number of benzene rings is 2. The van der Waals surface area contributed by atoms with E-state index in [0.717, 1.165) is 18.7 Å². The van der Waals surface area contributed by atoms with Gasteiger partial charge in [-0.1, -0.05) is 50.2 Å². The molecule has 0 radical (unpaired) electrons. The third-order valence-electron chi connectivity index (χ3n) is 3.78. The van der Waals surface area contributed by atoms with Gasteiger partial charge in [0.25, 0.3) is 0 Å². The van der Waals surface area contributed by atoms with Crippen LogP contribution in [0.15, 0.2) is 48.5 Å². The molecule has 0 aliphatic rings. The van der Waals surface area contributed by atoms with Crippen LogP contribution in [0.4, 0.5) is 5.69 Å². The molecule has 2 rings (SSSR count). The predicted octanol–water partition coefficient (Wildman–Crippen LogP) is 4.65. The first-order valence-electron chi connectivity index (χ1n) is 7.75. The standard InChI is InChI=1S/C19H24N2S/c1-14(2)16-8-10-18(11-9-16)21-19(22)20-13-12-17-7-5-4-6-15(17)3/h4-11,14H,12-13H2,1-3H3,(H2,20,21,22). The first kappa shape index (κ1) is 16.5. The number of hydrogen-bond donors (Lipinski definition) is 2. The molecule has 0 amide bonds. The lowest BCUT2D eigenvalue weighted by atomic mass is 10.0. The van der Waals surface area contributed by atoms with Gasteiger partial charge in [-0.05, 0) is 60.3 Å². The minimum atomic E-state index is 0.549. The SMILES string of the molecule is Cc1ccccc1CCNC(=S)Nc1ccc(C(C)C)cc1. The fourth-order valence-electron chi connectivity index (χ4n) is 2.33. The predicted molar refractivity (Wildman–Crippen MR) is 99.6 cm³/mol. The van der Waals surface area contributed by atoms with Crippen molar-refractivity contribution in [2.75, 3.05) is 11.9 Å². The Bertz CT molecular complexity index is 618. The van der Waals surface area contributed by atoms with Gasteiger partial charge >= 0.3 is 0 Å². The van der Waals surface area contributed by atoms with Crippen molar-refractivity contribution >= 4 is 23.0 Å². The summed E-state index contributed by atoms with van der Waals surface area (Å²) in [6.07, 6.45) is 0.973. The Morgan fingerprint density at radius 2 is 1.73 bits per heavy atom. The summed E-state index contributed by atoms with van der Waals surface area (Å²) in [6.45, 7) is 7.36. The highest BCUT2D eigenvalue weighted by atomic mass is 32.1. The van der Waals surface area contributed by atoms with Gasteiger partial charge < -0.3 is 10.6 Å². The molecule has 0 fully saturated rings. The number of hydrogen-bond acceptors (Lipinski definition) is 1. The van der Waals surface area contributed by atoms with E-state index in [4.69, 9.17) is 12.2 Å². The quantitative estimate of drug-likeness (QED) is 0.786. The highest BCUT2D eigenvalue weighted by Crippen LogP contribution is 2.17. The molecule has 0 aromatic heterocycles. The van der Waals surface area contributed by atoms with Crippen LogP contribution in [0.25, 0.3) is 0 Å². The van der Waals surface area contributed by atoms with E-state index >= 15 is 0 Å². The second kappa shape index (κ2) is 7.95. The lowest BCUT2D eigenvalue weighted by Gasteiger charge is -2.12. The van der Waals surface area contributed by atoms with Crippen LogP contribution in [0, 0.1) is 6.92 Å². The van der Waals surface area contributed by atoms with E-state index in [0.29, 0.717) is 11.0 Å². The van der Waals surface area contributed by atoms with Gasteiger partial charge in [0.05, 0.1) is 0 Å². The molecule has 0 spiro atoms. The Morgan fingerprint density at radius 1 is 1.05 bits per heavy atom. The van der Waals surface area contributed by atoms with Crippen LogP contribution >= 0.6 is 12.2 Å². The second-order valence-corrected chi connectivity index (χ2v) is 6.24. The van der Waals surface area contributed by atoms with Gasteiger partial charge in [-0.3, -0.25) is 0 Å². The summed E-state index contributed by atoms with van der Waals surface area (Å²) < 4.78 is 0. The van der Waals surface area contributed by atoms with E-state index in [1.165, 1.54) is 16.7 Å². The molecule has 116 valence electrons. The molecule has 0 bridgehead atoms. The summed E-state index contributed by atoms with van der Waals surface area (Å²) in [5, 5.41) is 7.17. The molecule has 2 aromatic rings. The Labute approximate surface area is 139 Å². The summed E-state index contributed by atoms with van der Waals surface area (Å²) in [4.78, 5) is 0. The van der Waals surface area contributed by atoms with Crippen LogP contribution in [-0.4, -0.2) is 11.7 Å². The van der Waals surface area contributed by atoms with E-state index in [2.05, 4.69) is 79.9 Å². The van der Waals surface area contributed by atoms with Crippen molar-refractivity contribution in [3.05, 3.63) is 65.2 Å². The Balaban J connectivity index is 1.79. The number of thiocarbonyl (C=S) groups is 1. The molecule has 0 unspecified atom stereocenters. The minimum absolute atomic E-state index is 0.549. The summed E-state index contributed by atoms with van der Waals surface area (Å²) in [5.41, 5.74) is 5.05. The molecule has 22 heavy (non-hydrogen) atoms. The number of nitrogens with one attached hydrogen (secondary N) is 2. The van der Waals surface area contributed by atoms with Crippen molar-refractivity contribution in [2.24, 2.45) is 0 Å². The van der Waals surface area contributed by atoms with Gasteiger partial charge in [-0.25, -0.2) is 0 Å². The Morgan fingerprint density at radius 3 is 2.36 bits per heavy atom. The van der Waals surface area contributed by atoms with Crippen molar-refractivity contribution in [1.82, 2.24) is 5.32 Å². The molecule has 0 atom stereocenters. The van der Waals surface area contributed by atoms with Crippen molar-refractivity contribution < 1.29 is 0 Å². The molecule has 0 saturated carbocycles. The summed E-state index contributed by atoms with van der Waals surface area (Å²) in [6, 6.07) is 16.9. The summed E-state index contributed by atoms with van der Waals surface area (Å²) in [5.74, 6) is 0.549. The fraction of sp³-hybridized carbons (Fsp3) is 0.316. The molecular weight excluding hydrogens is 288 g/mol. The van der Waals surface area contributed by atoms with Gasteiger partial charge in [0.15, 0.2) is 5.11 Å². The van der Waals surface area contributed by atoms with Crippen LogP contribution in [0.5, 0.6) is 0 Å². The average molecular weight is 312 g/mol. The molecule has 0 heterocycles. The van der Waals surface area contributed by atoms with Crippen LogP contribution in [-0.2, 0) is 6.42 Å². The van der Waals surface area contributed by atoms with E-state index in [9.17, 15) is 0 Å². The lowest BCUT2D eigenvalue weighted by molar-refractivity contribution is 0.865. The minimum Gasteiger partial charge on any atom is -0.362 e. The fourth-order valence-corrected chi connectivity index (χ4v) is 2.55. The summed E-state index contributed by atoms with van der Waals surface area (Å²) in [7, 11) is 0. The first-order chi connectivity index (χ1) is 10.6. The van der Waals surface area contributed by atoms with E-state index < -0.39 is 0 Å². The number of anilines is 1. The van der Waals surface area contributed by atoms with Crippen molar-refractivity contribution in [3.63, 3.8) is 0 Å². The maximum atomic E-state index is 5.35. The van der Waals surface area contributed by atoms with E-state index in [-0.39, 0.29) is 0 Å². The maximum absolute atomic E-state index is 5.35. The van der Waals surface area contributed by atoms with E-state index in [1.807, 2.05) is 0 Å². The van der Waals surface area contributed by atoms with Crippen LogP contribution in [0.3, 0.4) is 0 Å². The first-order valence-corrected chi connectivity index (χ1v) is 8.16. The Hall–Kier alpha value is -1.87. The highest BCUT2D eigenvalue weighted by Gasteiger charge is 2.01. The van der Waals surface area contributed by atoms with Gasteiger partial charge in [-0.15, -0.1) is 0 Å². The monoisotopic (exact) mass is 312 g/mol. The third-order valence-corrected chi connectivity index (χ3v) is 4.02. The van der Waals surface area contributed by atoms with Crippen LogP contribution < -0.4 is 10.6 Å². The maximum Gasteiger partial charge on any atom is 0.170 e. The van der Waals surface area contributed by atoms with Gasteiger partial charge in [0, 0.05) is 12.2 Å². The molecule has 3 heteroatoms. The second-order valence-electron chi connectivity index (χ2n) is 5.83. The zero-order valence-electron chi connectivity index (χ0n) is 13.5. The zero-order valence-corrected chi connectivity index (χ0v) is 14.3. The van der Waals surface area contributed by atoms with Crippen LogP contribution in [0.2, 0.25) is 0 Å². The Kier molecular flexibility index (Phi) is 5.96. The smallest absolute Gasteiger partial charge is 0.170 e. The summed E-state index contributed by atoms with van der Waals surface area (Å²) >= 11 is 5.35. The third kappa shape index (κ3) is 4.85. The van der Waals surface area contributed by atoms with Gasteiger partial charge in [0.2, 0.25) is 0 Å². The van der Waals surface area contributed by atoms with Crippen molar-refractivity contribution in [2.45, 2.75) is 33.1 Å². The molecular formula is C19H24N2S. The molecule has 2 N–H and O–H groups in total. The van der Waals surface area contributed by atoms with E-state index in [1.54, 1.807) is 0 Å². The van der Waals surface area contributed by atoms with Gasteiger partial charge in [-0.2, -0.15) is 0 Å². The molecule has 0 aliphatic carbocycles. The average Bonchev–Trinajstić information content (AvgIpc) is 2.50. The molecule has 2 nitrogen and oxygen atoms in total. The number of aryl methyl sites for hydroxylation is 1. The molecule has 2 aromatic carbocycles. The largest absolute Gasteiger partial charge is 0.362 e. The zero-order chi connectivity index (χ0) is 15.9. The lowest BCUT2D eigenvalue weighted by Crippen LogP contribution is -2.30. The van der Waals surface area contributed by atoms with Gasteiger partial charge in [0.1, 0.15) is 0 Å². The van der Waals surface area contributed by atoms with Crippen molar-refractivity contribution in [1.29, 1.82) is 0 Å². The van der Waals surface area contributed by atoms with Crippen molar-refractivity contribution in [3.8, 4) is 0 Å². The topological polar surface area (TPSA) is 24.1 Å².